The number of nitrogens with one attached hydrogen (secondary N) is 1. The van der Waals surface area contributed by atoms with E-state index in [1.807, 2.05) is 31.2 Å². The Balaban J connectivity index is 2.08. The topological polar surface area (TPSA) is 30.5 Å². The van der Waals surface area contributed by atoms with E-state index in [-0.39, 0.29) is 6.10 Å². The van der Waals surface area contributed by atoms with Crippen molar-refractivity contribution in [3.05, 3.63) is 28.7 Å². The molecule has 0 aromatic heterocycles. The predicted molar refractivity (Wildman–Crippen MR) is 73.6 cm³/mol. The molecule has 0 fully saturated rings. The van der Waals surface area contributed by atoms with E-state index >= 15 is 0 Å². The summed E-state index contributed by atoms with van der Waals surface area (Å²) < 4.78 is 12.0. The zero-order valence-corrected chi connectivity index (χ0v) is 12.0. The van der Waals surface area contributed by atoms with Crippen molar-refractivity contribution < 1.29 is 9.47 Å². The molecule has 0 saturated carbocycles. The number of ether oxygens (including phenoxy) is 2. The van der Waals surface area contributed by atoms with Crippen LogP contribution in [0.15, 0.2) is 28.7 Å². The fraction of sp³-hybridized carbons (Fsp3) is 0.538. The van der Waals surface area contributed by atoms with Gasteiger partial charge in [-0.05, 0) is 32.0 Å². The Hall–Kier alpha value is -0.580. The molecule has 1 unspecified atom stereocenters. The van der Waals surface area contributed by atoms with Crippen LogP contribution in [0.25, 0.3) is 0 Å². The first kappa shape index (κ1) is 14.5. The quantitative estimate of drug-likeness (QED) is 0.749. The molecule has 0 bridgehead atoms. The van der Waals surface area contributed by atoms with Gasteiger partial charge in [0.05, 0.1) is 6.10 Å². The maximum atomic E-state index is 5.60. The van der Waals surface area contributed by atoms with Gasteiger partial charge in [-0.2, -0.15) is 0 Å². The third-order valence-electron chi connectivity index (χ3n) is 2.23. The van der Waals surface area contributed by atoms with Crippen LogP contribution >= 0.6 is 15.9 Å². The molecular formula is C13H20BrNO2. The molecule has 3 nitrogen and oxygen atoms in total. The molecule has 1 aromatic carbocycles. The van der Waals surface area contributed by atoms with E-state index in [9.17, 15) is 0 Å². The monoisotopic (exact) mass is 301 g/mol. The summed E-state index contributed by atoms with van der Waals surface area (Å²) in [5.41, 5.74) is 0. The number of rotatable bonds is 8. The summed E-state index contributed by atoms with van der Waals surface area (Å²) in [6.45, 7) is 7.17. The van der Waals surface area contributed by atoms with Crippen molar-refractivity contribution in [3.63, 3.8) is 0 Å². The SMILES string of the molecule is CCOC(C)CNCCOc1cccc(Br)c1. The number of hydrogen-bond acceptors (Lipinski definition) is 3. The van der Waals surface area contributed by atoms with Gasteiger partial charge in [0, 0.05) is 24.2 Å². The van der Waals surface area contributed by atoms with E-state index < -0.39 is 0 Å². The highest BCUT2D eigenvalue weighted by molar-refractivity contribution is 9.10. The van der Waals surface area contributed by atoms with E-state index in [2.05, 4.69) is 28.2 Å². The predicted octanol–water partition coefficient (Wildman–Crippen LogP) is 2.84. The average molecular weight is 302 g/mol. The molecule has 0 heterocycles. The van der Waals surface area contributed by atoms with Crippen molar-refractivity contribution >= 4 is 15.9 Å². The summed E-state index contributed by atoms with van der Waals surface area (Å²) in [5.74, 6) is 0.888. The summed E-state index contributed by atoms with van der Waals surface area (Å²) >= 11 is 3.41. The maximum absolute atomic E-state index is 5.60. The van der Waals surface area contributed by atoms with E-state index in [1.165, 1.54) is 0 Å². The van der Waals surface area contributed by atoms with Crippen molar-refractivity contribution in [1.82, 2.24) is 5.32 Å². The zero-order chi connectivity index (χ0) is 12.5. The second-order valence-electron chi connectivity index (χ2n) is 3.78. The highest BCUT2D eigenvalue weighted by atomic mass is 79.9. The third kappa shape index (κ3) is 6.66. The van der Waals surface area contributed by atoms with Crippen LogP contribution < -0.4 is 10.1 Å². The molecule has 0 aliphatic carbocycles. The van der Waals surface area contributed by atoms with Crippen LogP contribution in [-0.2, 0) is 4.74 Å². The largest absolute Gasteiger partial charge is 0.492 e. The highest BCUT2D eigenvalue weighted by Gasteiger charge is 1.99. The molecule has 4 heteroatoms. The minimum atomic E-state index is 0.255. The minimum Gasteiger partial charge on any atom is -0.492 e. The van der Waals surface area contributed by atoms with Crippen molar-refractivity contribution in [2.24, 2.45) is 0 Å². The molecule has 96 valence electrons. The van der Waals surface area contributed by atoms with E-state index in [4.69, 9.17) is 9.47 Å². The molecule has 17 heavy (non-hydrogen) atoms. The van der Waals surface area contributed by atoms with Crippen LogP contribution in [0.5, 0.6) is 5.75 Å². The number of benzene rings is 1. The van der Waals surface area contributed by atoms with Gasteiger partial charge in [0.15, 0.2) is 0 Å². The Bertz CT molecular complexity index is 320. The Morgan fingerprint density at radius 3 is 2.94 bits per heavy atom. The lowest BCUT2D eigenvalue weighted by Gasteiger charge is -2.12. The Morgan fingerprint density at radius 1 is 1.41 bits per heavy atom. The molecule has 0 aliphatic rings. The van der Waals surface area contributed by atoms with E-state index in [0.29, 0.717) is 6.61 Å². The summed E-state index contributed by atoms with van der Waals surface area (Å²) in [6, 6.07) is 7.86. The van der Waals surface area contributed by atoms with Gasteiger partial charge in [-0.1, -0.05) is 22.0 Å². The highest BCUT2D eigenvalue weighted by Crippen LogP contribution is 2.17. The van der Waals surface area contributed by atoms with Gasteiger partial charge >= 0.3 is 0 Å². The molecule has 0 aliphatic heterocycles. The third-order valence-corrected chi connectivity index (χ3v) is 2.72. The van der Waals surface area contributed by atoms with Gasteiger partial charge in [0.1, 0.15) is 12.4 Å². The Labute approximate surface area is 112 Å². The van der Waals surface area contributed by atoms with E-state index in [1.54, 1.807) is 0 Å². The fourth-order valence-electron chi connectivity index (χ4n) is 1.45. The molecule has 1 N–H and O–H groups in total. The van der Waals surface area contributed by atoms with Crippen LogP contribution in [0.4, 0.5) is 0 Å². The molecule has 0 spiro atoms. The maximum Gasteiger partial charge on any atom is 0.120 e. The molecule has 0 saturated heterocycles. The first-order chi connectivity index (χ1) is 8.22. The van der Waals surface area contributed by atoms with Gasteiger partial charge < -0.3 is 14.8 Å². The zero-order valence-electron chi connectivity index (χ0n) is 10.4. The molecule has 0 amide bonds. The normalized spacial score (nSPS) is 12.4. The van der Waals surface area contributed by atoms with Gasteiger partial charge in [-0.25, -0.2) is 0 Å². The molecule has 1 atom stereocenters. The van der Waals surface area contributed by atoms with E-state index in [0.717, 1.165) is 29.9 Å². The van der Waals surface area contributed by atoms with Crippen molar-refractivity contribution in [3.8, 4) is 5.75 Å². The van der Waals surface area contributed by atoms with Gasteiger partial charge in [0.2, 0.25) is 0 Å². The smallest absolute Gasteiger partial charge is 0.120 e. The lowest BCUT2D eigenvalue weighted by molar-refractivity contribution is 0.0755. The standard InChI is InChI=1S/C13H20BrNO2/c1-3-16-11(2)10-15-7-8-17-13-6-4-5-12(14)9-13/h4-6,9,11,15H,3,7-8,10H2,1-2H3. The number of halogens is 1. The summed E-state index contributed by atoms with van der Waals surface area (Å²) in [4.78, 5) is 0. The van der Waals surface area contributed by atoms with Crippen LogP contribution in [0, 0.1) is 0 Å². The average Bonchev–Trinajstić information content (AvgIpc) is 2.29. The molecule has 0 radical (unpaired) electrons. The second-order valence-corrected chi connectivity index (χ2v) is 4.69. The second kappa shape index (κ2) is 8.50. The van der Waals surface area contributed by atoms with Gasteiger partial charge in [-0.15, -0.1) is 0 Å². The Kier molecular flexibility index (Phi) is 7.24. The summed E-state index contributed by atoms with van der Waals surface area (Å²) in [7, 11) is 0. The first-order valence-corrected chi connectivity index (χ1v) is 6.72. The van der Waals surface area contributed by atoms with Crippen LogP contribution in [0.1, 0.15) is 13.8 Å². The lowest BCUT2D eigenvalue weighted by Crippen LogP contribution is -2.30. The number of hydrogen-bond donors (Lipinski definition) is 1. The summed E-state index contributed by atoms with van der Waals surface area (Å²) in [6.07, 6.45) is 0.255. The van der Waals surface area contributed by atoms with Crippen LogP contribution in [0.2, 0.25) is 0 Å². The van der Waals surface area contributed by atoms with Crippen molar-refractivity contribution in [1.29, 1.82) is 0 Å². The fourth-order valence-corrected chi connectivity index (χ4v) is 1.82. The van der Waals surface area contributed by atoms with Gasteiger partial charge in [-0.3, -0.25) is 0 Å². The molecule has 1 rings (SSSR count). The lowest BCUT2D eigenvalue weighted by atomic mass is 10.3. The first-order valence-electron chi connectivity index (χ1n) is 5.93. The minimum absolute atomic E-state index is 0.255. The van der Waals surface area contributed by atoms with Gasteiger partial charge in [0.25, 0.3) is 0 Å². The summed E-state index contributed by atoms with van der Waals surface area (Å²) in [5, 5.41) is 3.29. The molecular weight excluding hydrogens is 282 g/mol. The Morgan fingerprint density at radius 2 is 2.24 bits per heavy atom. The van der Waals surface area contributed by atoms with Crippen LogP contribution in [0.3, 0.4) is 0 Å². The van der Waals surface area contributed by atoms with Crippen molar-refractivity contribution in [2.75, 3.05) is 26.3 Å². The van der Waals surface area contributed by atoms with Crippen molar-refractivity contribution in [2.45, 2.75) is 20.0 Å². The van der Waals surface area contributed by atoms with Crippen LogP contribution in [-0.4, -0.2) is 32.4 Å². The molecule has 1 aromatic rings.